The molecule has 0 aliphatic carbocycles. The van der Waals surface area contributed by atoms with Crippen molar-refractivity contribution in [3.63, 3.8) is 0 Å². The molecule has 1 aromatic heterocycles. The minimum Gasteiger partial charge on any atom is -0.271 e. The number of rotatable bonds is 5. The van der Waals surface area contributed by atoms with E-state index < -0.39 is 0 Å². The first-order chi connectivity index (χ1) is 9.56. The van der Waals surface area contributed by atoms with Crippen molar-refractivity contribution in [2.45, 2.75) is 25.7 Å². The fraction of sp³-hybridized carbons (Fsp3) is 0.400. The summed E-state index contributed by atoms with van der Waals surface area (Å²) in [5.74, 6) is 0.0360. The first kappa shape index (κ1) is 15.7. The monoisotopic (exact) mass is 402 g/mol. The molecule has 1 unspecified atom stereocenters. The van der Waals surface area contributed by atoms with Crippen LogP contribution in [0, 0.1) is 5.82 Å². The number of aryl methyl sites for hydroxylation is 2. The molecule has 0 fully saturated rings. The van der Waals surface area contributed by atoms with Crippen LogP contribution in [-0.2, 0) is 19.9 Å². The van der Waals surface area contributed by atoms with E-state index >= 15 is 0 Å². The fourth-order valence-corrected chi connectivity index (χ4v) is 3.68. The lowest BCUT2D eigenvalue weighted by Gasteiger charge is -2.15. The largest absolute Gasteiger partial charge is 0.271 e. The summed E-state index contributed by atoms with van der Waals surface area (Å²) < 4.78 is 16.4. The van der Waals surface area contributed by atoms with Crippen LogP contribution in [0.4, 0.5) is 4.39 Å². The Hall–Kier alpha value is -0.680. The SMILES string of the molecule is CCc1nn(C)c(CC(CBr)c2cccc(F)c2)c1Br. The minimum atomic E-state index is -0.188. The number of alkyl halides is 1. The van der Waals surface area contributed by atoms with Gasteiger partial charge in [-0.1, -0.05) is 35.0 Å². The van der Waals surface area contributed by atoms with Gasteiger partial charge in [-0.25, -0.2) is 4.39 Å². The van der Waals surface area contributed by atoms with Gasteiger partial charge in [0, 0.05) is 12.4 Å². The highest BCUT2D eigenvalue weighted by Crippen LogP contribution is 2.29. The maximum atomic E-state index is 13.4. The number of aromatic nitrogens is 2. The lowest BCUT2D eigenvalue weighted by Crippen LogP contribution is -2.09. The average molecular weight is 404 g/mol. The molecule has 0 saturated heterocycles. The van der Waals surface area contributed by atoms with Gasteiger partial charge in [-0.3, -0.25) is 4.68 Å². The van der Waals surface area contributed by atoms with Crippen molar-refractivity contribution in [2.24, 2.45) is 7.05 Å². The van der Waals surface area contributed by atoms with Gasteiger partial charge in [0.2, 0.25) is 0 Å². The Morgan fingerprint density at radius 3 is 2.70 bits per heavy atom. The second kappa shape index (κ2) is 6.85. The van der Waals surface area contributed by atoms with Gasteiger partial charge in [0.1, 0.15) is 5.82 Å². The van der Waals surface area contributed by atoms with Gasteiger partial charge in [-0.15, -0.1) is 0 Å². The van der Waals surface area contributed by atoms with E-state index in [1.165, 1.54) is 6.07 Å². The van der Waals surface area contributed by atoms with Crippen LogP contribution in [0.15, 0.2) is 28.7 Å². The molecular formula is C15H17Br2FN2. The van der Waals surface area contributed by atoms with Crippen LogP contribution >= 0.6 is 31.9 Å². The van der Waals surface area contributed by atoms with E-state index in [2.05, 4.69) is 43.9 Å². The summed E-state index contributed by atoms with van der Waals surface area (Å²) in [5.41, 5.74) is 3.22. The molecule has 0 spiro atoms. The van der Waals surface area contributed by atoms with Gasteiger partial charge in [-0.2, -0.15) is 5.10 Å². The predicted octanol–water partition coefficient (Wildman–Crippen LogP) is 4.61. The molecular weight excluding hydrogens is 387 g/mol. The standard InChI is InChI=1S/C15H17Br2FN2/c1-3-13-15(17)14(20(2)19-13)8-11(9-16)10-5-4-6-12(18)7-10/h4-7,11H,3,8-9H2,1-2H3. The molecule has 1 aromatic carbocycles. The van der Waals surface area contributed by atoms with Crippen LogP contribution in [0.2, 0.25) is 0 Å². The van der Waals surface area contributed by atoms with Crippen LogP contribution in [-0.4, -0.2) is 15.1 Å². The van der Waals surface area contributed by atoms with Crippen molar-refractivity contribution in [3.05, 3.63) is 51.5 Å². The molecule has 1 atom stereocenters. The molecule has 1 heterocycles. The number of benzene rings is 1. The van der Waals surface area contributed by atoms with Crippen molar-refractivity contribution in [1.82, 2.24) is 9.78 Å². The van der Waals surface area contributed by atoms with Crippen LogP contribution in [0.25, 0.3) is 0 Å². The maximum Gasteiger partial charge on any atom is 0.123 e. The van der Waals surface area contributed by atoms with E-state index in [1.807, 2.05) is 17.8 Å². The Morgan fingerprint density at radius 2 is 2.15 bits per heavy atom. The van der Waals surface area contributed by atoms with Gasteiger partial charge in [-0.05, 0) is 52.4 Å². The van der Waals surface area contributed by atoms with Crippen molar-refractivity contribution < 1.29 is 4.39 Å². The number of hydrogen-bond acceptors (Lipinski definition) is 1. The highest BCUT2D eigenvalue weighted by atomic mass is 79.9. The van der Waals surface area contributed by atoms with Gasteiger partial charge in [0.15, 0.2) is 0 Å². The van der Waals surface area contributed by atoms with E-state index in [0.717, 1.165) is 39.6 Å². The van der Waals surface area contributed by atoms with E-state index in [-0.39, 0.29) is 11.7 Å². The molecule has 2 nitrogen and oxygen atoms in total. The van der Waals surface area contributed by atoms with E-state index in [4.69, 9.17) is 0 Å². The van der Waals surface area contributed by atoms with Gasteiger partial charge >= 0.3 is 0 Å². The smallest absolute Gasteiger partial charge is 0.123 e. The fourth-order valence-electron chi connectivity index (χ4n) is 2.30. The van der Waals surface area contributed by atoms with Crippen LogP contribution in [0.5, 0.6) is 0 Å². The van der Waals surface area contributed by atoms with Crippen LogP contribution in [0.1, 0.15) is 29.8 Å². The lowest BCUT2D eigenvalue weighted by molar-refractivity contribution is 0.617. The van der Waals surface area contributed by atoms with Crippen LogP contribution < -0.4 is 0 Å². The van der Waals surface area contributed by atoms with Crippen molar-refractivity contribution in [1.29, 1.82) is 0 Å². The van der Waals surface area contributed by atoms with Crippen molar-refractivity contribution in [3.8, 4) is 0 Å². The minimum absolute atomic E-state index is 0.188. The Morgan fingerprint density at radius 1 is 1.40 bits per heavy atom. The Balaban J connectivity index is 2.29. The number of halogens is 3. The van der Waals surface area contributed by atoms with Gasteiger partial charge in [0.05, 0.1) is 15.9 Å². The summed E-state index contributed by atoms with van der Waals surface area (Å²) >= 11 is 7.17. The van der Waals surface area contributed by atoms with E-state index in [0.29, 0.717) is 0 Å². The second-order valence-electron chi connectivity index (χ2n) is 4.79. The topological polar surface area (TPSA) is 17.8 Å². The van der Waals surface area contributed by atoms with Crippen molar-refractivity contribution in [2.75, 3.05) is 5.33 Å². The molecule has 20 heavy (non-hydrogen) atoms. The average Bonchev–Trinajstić information content (AvgIpc) is 2.71. The molecule has 0 amide bonds. The van der Waals surface area contributed by atoms with Gasteiger partial charge in [0.25, 0.3) is 0 Å². The second-order valence-corrected chi connectivity index (χ2v) is 6.24. The zero-order chi connectivity index (χ0) is 14.7. The summed E-state index contributed by atoms with van der Waals surface area (Å²) in [6, 6.07) is 6.82. The molecule has 0 aliphatic heterocycles. The van der Waals surface area contributed by atoms with E-state index in [9.17, 15) is 4.39 Å². The maximum absolute atomic E-state index is 13.4. The summed E-state index contributed by atoms with van der Waals surface area (Å²) in [6.45, 7) is 2.09. The normalized spacial score (nSPS) is 12.7. The Kier molecular flexibility index (Phi) is 5.38. The predicted molar refractivity (Wildman–Crippen MR) is 86.9 cm³/mol. The molecule has 0 bridgehead atoms. The Bertz CT molecular complexity index is 596. The molecule has 0 radical (unpaired) electrons. The third-order valence-corrected chi connectivity index (χ3v) is 5.15. The Labute approximate surface area is 135 Å². The summed E-state index contributed by atoms with van der Waals surface area (Å²) in [7, 11) is 1.95. The van der Waals surface area contributed by atoms with Gasteiger partial charge < -0.3 is 0 Å². The van der Waals surface area contributed by atoms with Crippen LogP contribution in [0.3, 0.4) is 0 Å². The molecule has 108 valence electrons. The lowest BCUT2D eigenvalue weighted by atomic mass is 9.96. The summed E-state index contributed by atoms with van der Waals surface area (Å²) in [6.07, 6.45) is 1.71. The highest BCUT2D eigenvalue weighted by molar-refractivity contribution is 9.10. The summed E-state index contributed by atoms with van der Waals surface area (Å²) in [5, 5.41) is 5.29. The first-order valence-corrected chi connectivity index (χ1v) is 8.49. The zero-order valence-corrected chi connectivity index (χ0v) is 14.7. The molecule has 5 heteroatoms. The summed E-state index contributed by atoms with van der Waals surface area (Å²) in [4.78, 5) is 0. The molecule has 2 aromatic rings. The third kappa shape index (κ3) is 3.31. The molecule has 2 rings (SSSR count). The molecule has 0 aliphatic rings. The van der Waals surface area contributed by atoms with E-state index in [1.54, 1.807) is 12.1 Å². The molecule has 0 saturated carbocycles. The number of hydrogen-bond donors (Lipinski definition) is 0. The molecule has 0 N–H and O–H groups in total. The highest BCUT2D eigenvalue weighted by Gasteiger charge is 2.18. The van der Waals surface area contributed by atoms with Crippen molar-refractivity contribution >= 4 is 31.9 Å². The number of nitrogens with zero attached hydrogens (tertiary/aromatic N) is 2. The zero-order valence-electron chi connectivity index (χ0n) is 11.5. The third-order valence-electron chi connectivity index (χ3n) is 3.45. The first-order valence-electron chi connectivity index (χ1n) is 6.58. The quantitative estimate of drug-likeness (QED) is 0.666.